The van der Waals surface area contributed by atoms with Crippen molar-refractivity contribution in [3.8, 4) is 0 Å². The Morgan fingerprint density at radius 3 is 2.85 bits per heavy atom. The number of nitrogens with one attached hydrogen (secondary N) is 1. The molecule has 13 heavy (non-hydrogen) atoms. The second kappa shape index (κ2) is 3.57. The zero-order valence-corrected chi connectivity index (χ0v) is 6.39. The number of hydrogen-bond donors (Lipinski definition) is 2. The van der Waals surface area contributed by atoms with E-state index in [-0.39, 0.29) is 0 Å². The number of H-pyrrole nitrogens is 1. The first-order valence-corrected chi connectivity index (χ1v) is 3.25. The standard InChI is InChI=1S/C6H6N2O5/c9-4-1-2-8(5(10)7-4)3-13-6(11)12/h1-2H,3H2,(H,11,12)(H,7,9,10). The Morgan fingerprint density at radius 2 is 2.31 bits per heavy atom. The van der Waals surface area contributed by atoms with Crippen LogP contribution in [0.1, 0.15) is 0 Å². The Morgan fingerprint density at radius 1 is 1.62 bits per heavy atom. The van der Waals surface area contributed by atoms with E-state index < -0.39 is 24.1 Å². The predicted molar refractivity (Wildman–Crippen MR) is 40.4 cm³/mol. The number of ether oxygens (including phenoxy) is 1. The number of carbonyl (C=O) groups is 1. The van der Waals surface area contributed by atoms with Crippen molar-refractivity contribution in [3.05, 3.63) is 33.1 Å². The summed E-state index contributed by atoms with van der Waals surface area (Å²) in [7, 11) is 0. The van der Waals surface area contributed by atoms with Gasteiger partial charge in [-0.05, 0) is 0 Å². The highest BCUT2D eigenvalue weighted by Crippen LogP contribution is 1.80. The topological polar surface area (TPSA) is 101 Å². The predicted octanol–water partition coefficient (Wildman–Crippen LogP) is -0.811. The third-order valence-electron chi connectivity index (χ3n) is 1.22. The zero-order chi connectivity index (χ0) is 9.84. The third-order valence-corrected chi connectivity index (χ3v) is 1.22. The summed E-state index contributed by atoms with van der Waals surface area (Å²) in [5.41, 5.74) is -1.26. The second-order valence-corrected chi connectivity index (χ2v) is 2.12. The van der Waals surface area contributed by atoms with Crippen molar-refractivity contribution in [1.29, 1.82) is 0 Å². The van der Waals surface area contributed by atoms with Gasteiger partial charge in [-0.1, -0.05) is 0 Å². The first-order valence-electron chi connectivity index (χ1n) is 3.25. The van der Waals surface area contributed by atoms with Crippen LogP contribution >= 0.6 is 0 Å². The number of rotatable bonds is 2. The summed E-state index contributed by atoms with van der Waals surface area (Å²) in [5, 5.41) is 8.11. The van der Waals surface area contributed by atoms with E-state index in [1.807, 2.05) is 4.98 Å². The molecule has 1 rings (SSSR count). The van der Waals surface area contributed by atoms with Gasteiger partial charge in [0.15, 0.2) is 6.73 Å². The average molecular weight is 186 g/mol. The van der Waals surface area contributed by atoms with Gasteiger partial charge in [-0.2, -0.15) is 0 Å². The lowest BCUT2D eigenvalue weighted by Crippen LogP contribution is -2.29. The summed E-state index contributed by atoms with van der Waals surface area (Å²) >= 11 is 0. The molecule has 1 aromatic heterocycles. The van der Waals surface area contributed by atoms with E-state index >= 15 is 0 Å². The molecule has 0 fully saturated rings. The fraction of sp³-hybridized carbons (Fsp3) is 0.167. The molecule has 0 aliphatic carbocycles. The van der Waals surface area contributed by atoms with Gasteiger partial charge in [0.25, 0.3) is 5.56 Å². The van der Waals surface area contributed by atoms with Crippen LogP contribution in [0.15, 0.2) is 21.9 Å². The monoisotopic (exact) mass is 186 g/mol. The summed E-state index contributed by atoms with van der Waals surface area (Å²) in [5.74, 6) is 0. The first-order chi connectivity index (χ1) is 6.09. The molecular formula is C6H6N2O5. The molecule has 1 heterocycles. The van der Waals surface area contributed by atoms with Crippen LogP contribution in [0.5, 0.6) is 0 Å². The normalized spacial score (nSPS) is 9.54. The summed E-state index contributed by atoms with van der Waals surface area (Å²) in [6.07, 6.45) is -0.345. The van der Waals surface area contributed by atoms with E-state index in [1.54, 1.807) is 0 Å². The summed E-state index contributed by atoms with van der Waals surface area (Å²) in [4.78, 5) is 33.3. The number of nitrogens with zero attached hydrogens (tertiary/aromatic N) is 1. The van der Waals surface area contributed by atoms with Crippen LogP contribution in [0.25, 0.3) is 0 Å². The van der Waals surface area contributed by atoms with Crippen LogP contribution in [0.2, 0.25) is 0 Å². The molecule has 0 aliphatic rings. The highest BCUT2D eigenvalue weighted by Gasteiger charge is 1.99. The maximum absolute atomic E-state index is 10.9. The number of hydrogen-bond acceptors (Lipinski definition) is 4. The number of aromatic amines is 1. The van der Waals surface area contributed by atoms with Gasteiger partial charge in [0.1, 0.15) is 0 Å². The summed E-state index contributed by atoms with van der Waals surface area (Å²) < 4.78 is 5.02. The van der Waals surface area contributed by atoms with Crippen molar-refractivity contribution >= 4 is 6.16 Å². The fourth-order valence-electron chi connectivity index (χ4n) is 0.671. The lowest BCUT2D eigenvalue weighted by atomic mass is 10.6. The molecule has 70 valence electrons. The minimum atomic E-state index is -1.49. The van der Waals surface area contributed by atoms with Gasteiger partial charge in [-0.3, -0.25) is 14.3 Å². The van der Waals surface area contributed by atoms with Gasteiger partial charge in [0.2, 0.25) is 0 Å². The quantitative estimate of drug-likeness (QED) is 0.588. The average Bonchev–Trinajstić information content (AvgIpc) is 2.02. The van der Waals surface area contributed by atoms with Crippen LogP contribution in [-0.2, 0) is 11.5 Å². The zero-order valence-electron chi connectivity index (χ0n) is 6.39. The molecule has 7 nitrogen and oxygen atoms in total. The molecule has 0 saturated heterocycles. The molecule has 0 atom stereocenters. The molecular weight excluding hydrogens is 180 g/mol. The fourth-order valence-corrected chi connectivity index (χ4v) is 0.671. The minimum Gasteiger partial charge on any atom is -0.450 e. The van der Waals surface area contributed by atoms with Crippen molar-refractivity contribution in [1.82, 2.24) is 9.55 Å². The molecule has 1 aromatic rings. The van der Waals surface area contributed by atoms with Crippen molar-refractivity contribution in [2.45, 2.75) is 6.73 Å². The molecule has 0 unspecified atom stereocenters. The largest absolute Gasteiger partial charge is 0.507 e. The maximum atomic E-state index is 10.9. The Hall–Kier alpha value is -2.05. The van der Waals surface area contributed by atoms with E-state index in [2.05, 4.69) is 4.74 Å². The molecule has 0 aromatic carbocycles. The van der Waals surface area contributed by atoms with Crippen LogP contribution in [0.3, 0.4) is 0 Å². The van der Waals surface area contributed by atoms with Gasteiger partial charge in [0.05, 0.1) is 0 Å². The summed E-state index contributed by atoms with van der Waals surface area (Å²) in [6.45, 7) is -0.440. The number of carboxylic acid groups (broad SMARTS) is 1. The second-order valence-electron chi connectivity index (χ2n) is 2.12. The smallest absolute Gasteiger partial charge is 0.450 e. The van der Waals surface area contributed by atoms with Gasteiger partial charge in [0, 0.05) is 12.3 Å². The Bertz CT molecular complexity index is 418. The highest BCUT2D eigenvalue weighted by atomic mass is 16.7. The van der Waals surface area contributed by atoms with E-state index in [0.29, 0.717) is 0 Å². The highest BCUT2D eigenvalue weighted by molar-refractivity contribution is 5.56. The molecule has 2 N–H and O–H groups in total. The van der Waals surface area contributed by atoms with Gasteiger partial charge >= 0.3 is 11.8 Å². The third kappa shape index (κ3) is 2.47. The van der Waals surface area contributed by atoms with Gasteiger partial charge in [-0.25, -0.2) is 9.59 Å². The van der Waals surface area contributed by atoms with E-state index in [0.717, 1.165) is 16.8 Å². The minimum absolute atomic E-state index is 0.440. The molecule has 0 radical (unpaired) electrons. The van der Waals surface area contributed by atoms with Crippen molar-refractivity contribution < 1.29 is 14.6 Å². The van der Waals surface area contributed by atoms with Crippen LogP contribution in [-0.4, -0.2) is 20.8 Å². The summed E-state index contributed by atoms with van der Waals surface area (Å²) in [6, 6.07) is 1.09. The van der Waals surface area contributed by atoms with Gasteiger partial charge < -0.3 is 9.84 Å². The molecule has 0 spiro atoms. The Balaban J connectivity index is 2.84. The van der Waals surface area contributed by atoms with Crippen LogP contribution in [0.4, 0.5) is 4.79 Å². The SMILES string of the molecule is O=C(O)OCn1ccc(=O)[nH]c1=O. The van der Waals surface area contributed by atoms with E-state index in [4.69, 9.17) is 5.11 Å². The maximum Gasteiger partial charge on any atom is 0.507 e. The number of aromatic nitrogens is 2. The molecule has 0 bridgehead atoms. The van der Waals surface area contributed by atoms with E-state index in [1.165, 1.54) is 0 Å². The lowest BCUT2D eigenvalue weighted by molar-refractivity contribution is 0.0631. The van der Waals surface area contributed by atoms with Gasteiger partial charge in [-0.15, -0.1) is 0 Å². The van der Waals surface area contributed by atoms with E-state index in [9.17, 15) is 14.4 Å². The molecule has 0 saturated carbocycles. The molecule has 0 aliphatic heterocycles. The van der Waals surface area contributed by atoms with Crippen LogP contribution in [0, 0.1) is 0 Å². The van der Waals surface area contributed by atoms with Crippen LogP contribution < -0.4 is 11.2 Å². The van der Waals surface area contributed by atoms with Crippen molar-refractivity contribution in [3.63, 3.8) is 0 Å². The first kappa shape index (κ1) is 9.04. The molecule has 7 heteroatoms. The Labute approximate surface area is 71.2 Å². The lowest BCUT2D eigenvalue weighted by Gasteiger charge is -2.01. The van der Waals surface area contributed by atoms with Crippen molar-refractivity contribution in [2.24, 2.45) is 0 Å². The molecule has 0 amide bonds. The van der Waals surface area contributed by atoms with Crippen molar-refractivity contribution in [2.75, 3.05) is 0 Å². The Kier molecular flexibility index (Phi) is 2.48.